The standard InChI is InChI=1S/C20H16NO2/c22-20(21-17-9-3-1-4-10-17)15-16-8-7-13-19(14-16)23-18-11-5-2-6-12-18/h1-3,5-14H,15H2,(H,21,22). The van der Waals surface area contributed by atoms with E-state index in [0.29, 0.717) is 6.42 Å². The van der Waals surface area contributed by atoms with E-state index in [1.54, 1.807) is 12.1 Å². The molecule has 0 saturated carbocycles. The lowest BCUT2D eigenvalue weighted by atomic mass is 10.1. The molecule has 3 aromatic carbocycles. The normalized spacial score (nSPS) is 10.1. The summed E-state index contributed by atoms with van der Waals surface area (Å²) in [5, 5.41) is 2.85. The van der Waals surface area contributed by atoms with Crippen molar-refractivity contribution in [3.8, 4) is 11.5 Å². The maximum atomic E-state index is 12.1. The van der Waals surface area contributed by atoms with E-state index in [2.05, 4.69) is 11.4 Å². The first-order chi connectivity index (χ1) is 11.3. The predicted octanol–water partition coefficient (Wildman–Crippen LogP) is 4.46. The summed E-state index contributed by atoms with van der Waals surface area (Å²) in [5.74, 6) is 1.42. The van der Waals surface area contributed by atoms with Crippen LogP contribution < -0.4 is 10.1 Å². The zero-order valence-electron chi connectivity index (χ0n) is 12.5. The van der Waals surface area contributed by atoms with Gasteiger partial charge in [0, 0.05) is 5.69 Å². The summed E-state index contributed by atoms with van der Waals surface area (Å²) >= 11 is 0. The number of rotatable bonds is 5. The Bertz CT molecular complexity index is 770. The second kappa shape index (κ2) is 7.27. The molecule has 3 aromatic rings. The summed E-state index contributed by atoms with van der Waals surface area (Å²) in [6, 6.07) is 27.3. The Morgan fingerprint density at radius 2 is 1.78 bits per heavy atom. The Hall–Kier alpha value is -3.07. The second-order valence-electron chi connectivity index (χ2n) is 5.08. The Kier molecular flexibility index (Phi) is 4.69. The zero-order chi connectivity index (χ0) is 15.9. The molecule has 113 valence electrons. The van der Waals surface area contributed by atoms with Gasteiger partial charge in [-0.2, -0.15) is 0 Å². The van der Waals surface area contributed by atoms with Gasteiger partial charge < -0.3 is 10.1 Å². The molecule has 0 spiro atoms. The van der Waals surface area contributed by atoms with Crippen LogP contribution in [-0.2, 0) is 11.2 Å². The van der Waals surface area contributed by atoms with Gasteiger partial charge in [0.2, 0.25) is 5.91 Å². The van der Waals surface area contributed by atoms with Crippen molar-refractivity contribution in [2.75, 3.05) is 5.32 Å². The van der Waals surface area contributed by atoms with E-state index >= 15 is 0 Å². The molecule has 1 N–H and O–H groups in total. The Morgan fingerprint density at radius 3 is 2.57 bits per heavy atom. The average molecular weight is 302 g/mol. The largest absolute Gasteiger partial charge is 0.457 e. The summed E-state index contributed by atoms with van der Waals surface area (Å²) in [5.41, 5.74) is 1.64. The van der Waals surface area contributed by atoms with Crippen LogP contribution in [0.1, 0.15) is 5.56 Å². The molecule has 3 heteroatoms. The van der Waals surface area contributed by atoms with Crippen LogP contribution in [0.4, 0.5) is 5.69 Å². The van der Waals surface area contributed by atoms with Gasteiger partial charge in [0.1, 0.15) is 11.5 Å². The fraction of sp³-hybridized carbons (Fsp3) is 0.0500. The number of amides is 1. The summed E-state index contributed by atoms with van der Waals surface area (Å²) in [6.07, 6.45) is 0.293. The van der Waals surface area contributed by atoms with Crippen LogP contribution in [-0.4, -0.2) is 5.91 Å². The van der Waals surface area contributed by atoms with E-state index in [1.165, 1.54) is 0 Å². The number of hydrogen-bond donors (Lipinski definition) is 1. The molecule has 1 amide bonds. The van der Waals surface area contributed by atoms with Crippen molar-refractivity contribution in [2.24, 2.45) is 0 Å². The predicted molar refractivity (Wildman–Crippen MR) is 90.6 cm³/mol. The van der Waals surface area contributed by atoms with Crippen molar-refractivity contribution in [1.29, 1.82) is 0 Å². The van der Waals surface area contributed by atoms with Crippen molar-refractivity contribution in [1.82, 2.24) is 0 Å². The highest BCUT2D eigenvalue weighted by Crippen LogP contribution is 2.22. The Balaban J connectivity index is 1.64. The van der Waals surface area contributed by atoms with Gasteiger partial charge in [0.15, 0.2) is 0 Å². The topological polar surface area (TPSA) is 38.3 Å². The van der Waals surface area contributed by atoms with E-state index < -0.39 is 0 Å². The molecule has 0 heterocycles. The molecule has 0 bridgehead atoms. The van der Waals surface area contributed by atoms with Gasteiger partial charge in [0.25, 0.3) is 0 Å². The summed E-state index contributed by atoms with van der Waals surface area (Å²) < 4.78 is 5.78. The Labute approximate surface area is 135 Å². The summed E-state index contributed by atoms with van der Waals surface area (Å²) in [4.78, 5) is 12.1. The highest BCUT2D eigenvalue weighted by Gasteiger charge is 2.05. The second-order valence-corrected chi connectivity index (χ2v) is 5.08. The molecule has 0 fully saturated rings. The number of anilines is 1. The molecule has 23 heavy (non-hydrogen) atoms. The van der Waals surface area contributed by atoms with Gasteiger partial charge in [-0.15, -0.1) is 0 Å². The first-order valence-corrected chi connectivity index (χ1v) is 7.37. The van der Waals surface area contributed by atoms with Gasteiger partial charge in [-0.25, -0.2) is 0 Å². The van der Waals surface area contributed by atoms with E-state index in [0.717, 1.165) is 22.7 Å². The summed E-state index contributed by atoms with van der Waals surface area (Å²) in [6.45, 7) is 0. The third-order valence-electron chi connectivity index (χ3n) is 3.23. The molecule has 0 saturated heterocycles. The quantitative estimate of drug-likeness (QED) is 0.755. The van der Waals surface area contributed by atoms with Crippen LogP contribution in [0.15, 0.2) is 78.9 Å². The molecular weight excluding hydrogens is 286 g/mol. The number of ether oxygens (including phenoxy) is 1. The maximum Gasteiger partial charge on any atom is 0.228 e. The molecule has 0 unspecified atom stereocenters. The minimum Gasteiger partial charge on any atom is -0.457 e. The van der Waals surface area contributed by atoms with Crippen molar-refractivity contribution in [3.05, 3.63) is 90.5 Å². The number of carbonyl (C=O) groups is 1. The average Bonchev–Trinajstić information content (AvgIpc) is 2.57. The van der Waals surface area contributed by atoms with Crippen molar-refractivity contribution in [3.63, 3.8) is 0 Å². The lowest BCUT2D eigenvalue weighted by Crippen LogP contribution is -2.14. The van der Waals surface area contributed by atoms with Crippen molar-refractivity contribution < 1.29 is 9.53 Å². The fourth-order valence-electron chi connectivity index (χ4n) is 2.21. The van der Waals surface area contributed by atoms with Gasteiger partial charge in [-0.3, -0.25) is 4.79 Å². The van der Waals surface area contributed by atoms with Gasteiger partial charge in [-0.1, -0.05) is 42.5 Å². The highest BCUT2D eigenvalue weighted by molar-refractivity contribution is 5.92. The third kappa shape index (κ3) is 4.45. The molecular formula is C20H16NO2. The first kappa shape index (κ1) is 14.9. The number of nitrogens with one attached hydrogen (secondary N) is 1. The minimum absolute atomic E-state index is 0.0681. The molecule has 1 radical (unpaired) electrons. The van der Waals surface area contributed by atoms with Crippen LogP contribution >= 0.6 is 0 Å². The van der Waals surface area contributed by atoms with Crippen molar-refractivity contribution >= 4 is 11.6 Å². The monoisotopic (exact) mass is 302 g/mol. The van der Waals surface area contributed by atoms with Crippen LogP contribution in [0.5, 0.6) is 11.5 Å². The minimum atomic E-state index is -0.0681. The molecule has 0 atom stereocenters. The van der Waals surface area contributed by atoms with E-state index in [4.69, 9.17) is 4.74 Å². The van der Waals surface area contributed by atoms with Crippen LogP contribution in [0.25, 0.3) is 0 Å². The first-order valence-electron chi connectivity index (χ1n) is 7.37. The van der Waals surface area contributed by atoms with Crippen LogP contribution in [0.2, 0.25) is 0 Å². The van der Waals surface area contributed by atoms with Crippen LogP contribution in [0, 0.1) is 6.07 Å². The number of carbonyl (C=O) groups excluding carboxylic acids is 1. The van der Waals surface area contributed by atoms with E-state index in [-0.39, 0.29) is 5.91 Å². The highest BCUT2D eigenvalue weighted by atomic mass is 16.5. The number of para-hydroxylation sites is 1. The maximum absolute atomic E-state index is 12.1. The molecule has 0 aliphatic rings. The SMILES string of the molecule is O=C(Cc1cccc(Oc2ccccc2)c1)Nc1c[c]ccc1. The lowest BCUT2D eigenvalue weighted by Gasteiger charge is -2.08. The van der Waals surface area contributed by atoms with E-state index in [9.17, 15) is 4.79 Å². The number of benzene rings is 3. The zero-order valence-corrected chi connectivity index (χ0v) is 12.5. The van der Waals surface area contributed by atoms with E-state index in [1.807, 2.05) is 66.7 Å². The molecule has 3 nitrogen and oxygen atoms in total. The smallest absolute Gasteiger partial charge is 0.228 e. The van der Waals surface area contributed by atoms with Gasteiger partial charge >= 0.3 is 0 Å². The van der Waals surface area contributed by atoms with Crippen molar-refractivity contribution in [2.45, 2.75) is 6.42 Å². The Morgan fingerprint density at radius 1 is 0.957 bits per heavy atom. The van der Waals surface area contributed by atoms with Crippen LogP contribution in [0.3, 0.4) is 0 Å². The molecule has 0 aromatic heterocycles. The van der Waals surface area contributed by atoms with Gasteiger partial charge in [0.05, 0.1) is 6.42 Å². The molecule has 0 aliphatic carbocycles. The number of hydrogen-bond acceptors (Lipinski definition) is 2. The van der Waals surface area contributed by atoms with Gasteiger partial charge in [-0.05, 0) is 48.0 Å². The summed E-state index contributed by atoms with van der Waals surface area (Å²) in [7, 11) is 0. The third-order valence-corrected chi connectivity index (χ3v) is 3.23. The molecule has 3 rings (SSSR count). The lowest BCUT2D eigenvalue weighted by molar-refractivity contribution is -0.115. The molecule has 0 aliphatic heterocycles. The fourth-order valence-corrected chi connectivity index (χ4v) is 2.21.